The summed E-state index contributed by atoms with van der Waals surface area (Å²) in [5.74, 6) is -0.608. The number of halogens is 1. The van der Waals surface area contributed by atoms with Crippen LogP contribution in [0.4, 0.5) is 0 Å². The third-order valence-corrected chi connectivity index (χ3v) is 5.27. The van der Waals surface area contributed by atoms with Gasteiger partial charge in [-0.1, -0.05) is 32.0 Å². The van der Waals surface area contributed by atoms with Gasteiger partial charge in [-0.25, -0.2) is 19.1 Å². The van der Waals surface area contributed by atoms with Gasteiger partial charge in [0.25, 0.3) is 5.56 Å². The molecule has 0 spiro atoms. The number of esters is 1. The highest BCUT2D eigenvalue weighted by molar-refractivity contribution is 6.02. The van der Waals surface area contributed by atoms with Crippen LogP contribution in [0.3, 0.4) is 0 Å². The van der Waals surface area contributed by atoms with E-state index < -0.39 is 17.2 Å². The second-order valence-corrected chi connectivity index (χ2v) is 7.17. The van der Waals surface area contributed by atoms with Crippen LogP contribution in [0.25, 0.3) is 16.7 Å². The Balaban J connectivity index is 0.00000363. The van der Waals surface area contributed by atoms with Crippen LogP contribution in [-0.4, -0.2) is 51.2 Å². The lowest BCUT2D eigenvalue weighted by Crippen LogP contribution is -2.42. The predicted molar refractivity (Wildman–Crippen MR) is 127 cm³/mol. The van der Waals surface area contributed by atoms with E-state index in [1.807, 2.05) is 6.07 Å². The quantitative estimate of drug-likeness (QED) is 0.480. The first-order chi connectivity index (χ1) is 14.9. The Kier molecular flexibility index (Phi) is 8.74. The van der Waals surface area contributed by atoms with Crippen LogP contribution >= 0.6 is 12.4 Å². The molecule has 0 unspecified atom stereocenters. The standard InChI is InChI=1S/C23H28N4O4.ClH/c1-5-25(6-2)13-14-26-20-19(18(15-16(4)24-20)22(29)31-7-3)21(28)27(23(26)30)17-11-9-8-10-12-17;/h8-12,15H,5-7,13-14H2,1-4H3;1H. The highest BCUT2D eigenvalue weighted by atomic mass is 35.5. The van der Waals surface area contributed by atoms with Crippen molar-refractivity contribution in [1.82, 2.24) is 19.0 Å². The summed E-state index contributed by atoms with van der Waals surface area (Å²) in [6.45, 7) is 10.3. The van der Waals surface area contributed by atoms with Crippen LogP contribution in [0.15, 0.2) is 46.0 Å². The summed E-state index contributed by atoms with van der Waals surface area (Å²) in [5.41, 5.74) is 0.229. The van der Waals surface area contributed by atoms with Gasteiger partial charge in [0.1, 0.15) is 0 Å². The molecule has 3 aromatic rings. The van der Waals surface area contributed by atoms with E-state index in [0.717, 1.165) is 17.7 Å². The summed E-state index contributed by atoms with van der Waals surface area (Å²) in [6.07, 6.45) is 0. The molecule has 9 heteroatoms. The smallest absolute Gasteiger partial charge is 0.339 e. The summed E-state index contributed by atoms with van der Waals surface area (Å²) in [4.78, 5) is 46.3. The summed E-state index contributed by atoms with van der Waals surface area (Å²) in [5, 5.41) is 0.0899. The van der Waals surface area contributed by atoms with Crippen LogP contribution in [-0.2, 0) is 11.3 Å². The van der Waals surface area contributed by atoms with Gasteiger partial charge in [-0.3, -0.25) is 9.36 Å². The van der Waals surface area contributed by atoms with Gasteiger partial charge in [0.15, 0.2) is 5.65 Å². The van der Waals surface area contributed by atoms with Gasteiger partial charge >= 0.3 is 11.7 Å². The van der Waals surface area contributed by atoms with Crippen LogP contribution in [0.2, 0.25) is 0 Å². The number of nitrogens with zero attached hydrogens (tertiary/aromatic N) is 4. The molecule has 0 aliphatic rings. The Bertz CT molecular complexity index is 1200. The fraction of sp³-hybridized carbons (Fsp3) is 0.391. The second-order valence-electron chi connectivity index (χ2n) is 7.17. The van der Waals surface area contributed by atoms with Crippen molar-refractivity contribution in [2.24, 2.45) is 0 Å². The number of aromatic nitrogens is 3. The van der Waals surface area contributed by atoms with Gasteiger partial charge < -0.3 is 9.64 Å². The third-order valence-electron chi connectivity index (χ3n) is 5.27. The molecule has 172 valence electrons. The monoisotopic (exact) mass is 460 g/mol. The summed E-state index contributed by atoms with van der Waals surface area (Å²) in [6, 6.07) is 10.2. The van der Waals surface area contributed by atoms with Gasteiger partial charge in [-0.05, 0) is 45.1 Å². The van der Waals surface area contributed by atoms with Gasteiger partial charge in [0.2, 0.25) is 0 Å². The van der Waals surface area contributed by atoms with Crippen LogP contribution in [0, 0.1) is 6.92 Å². The van der Waals surface area contributed by atoms with Crippen molar-refractivity contribution in [3.8, 4) is 5.69 Å². The molecule has 0 fully saturated rings. The predicted octanol–water partition coefficient (Wildman–Crippen LogP) is 2.80. The van der Waals surface area contributed by atoms with Crippen molar-refractivity contribution in [2.45, 2.75) is 34.2 Å². The van der Waals surface area contributed by atoms with Gasteiger partial charge in [0, 0.05) is 18.8 Å². The largest absolute Gasteiger partial charge is 0.462 e. The van der Waals surface area contributed by atoms with E-state index in [4.69, 9.17) is 4.74 Å². The van der Waals surface area contributed by atoms with Gasteiger partial charge in [0.05, 0.1) is 23.2 Å². The zero-order valence-electron chi connectivity index (χ0n) is 18.8. The van der Waals surface area contributed by atoms with Gasteiger partial charge in [-0.2, -0.15) is 0 Å². The number of likely N-dealkylation sites (N-methyl/N-ethyl adjacent to an activating group) is 1. The molecule has 2 aromatic heterocycles. The minimum absolute atomic E-state index is 0. The maximum absolute atomic E-state index is 13.5. The molecular formula is C23H29ClN4O4. The SMILES string of the molecule is CCOC(=O)c1cc(C)nc2c1c(=O)n(-c1ccccc1)c(=O)n2CCN(CC)CC.Cl. The number of rotatable bonds is 8. The lowest BCUT2D eigenvalue weighted by Gasteiger charge is -2.20. The molecule has 0 atom stereocenters. The number of carbonyl (C=O) groups is 1. The molecule has 32 heavy (non-hydrogen) atoms. The maximum Gasteiger partial charge on any atom is 0.339 e. The minimum atomic E-state index is -0.608. The average Bonchev–Trinajstić information content (AvgIpc) is 2.76. The lowest BCUT2D eigenvalue weighted by molar-refractivity contribution is 0.0528. The molecule has 0 bridgehead atoms. The molecule has 8 nitrogen and oxygen atoms in total. The number of carbonyl (C=O) groups excluding carboxylic acids is 1. The zero-order valence-corrected chi connectivity index (χ0v) is 19.6. The highest BCUT2D eigenvalue weighted by Gasteiger charge is 2.23. The minimum Gasteiger partial charge on any atom is -0.462 e. The van der Waals surface area contributed by atoms with Crippen LogP contribution in [0.1, 0.15) is 36.8 Å². The van der Waals surface area contributed by atoms with E-state index in [1.165, 1.54) is 10.6 Å². The van der Waals surface area contributed by atoms with E-state index in [2.05, 4.69) is 23.7 Å². The number of fused-ring (bicyclic) bond motifs is 1. The Morgan fingerprint density at radius 1 is 1.09 bits per heavy atom. The molecule has 3 rings (SSSR count). The molecule has 0 N–H and O–H groups in total. The highest BCUT2D eigenvalue weighted by Crippen LogP contribution is 2.17. The zero-order chi connectivity index (χ0) is 22.5. The number of ether oxygens (including phenoxy) is 1. The number of hydrogen-bond donors (Lipinski definition) is 0. The number of hydrogen-bond acceptors (Lipinski definition) is 6. The first kappa shape index (κ1) is 25.3. The van der Waals surface area contributed by atoms with Crippen molar-refractivity contribution in [3.05, 3.63) is 68.5 Å². The molecule has 0 saturated heterocycles. The van der Waals surface area contributed by atoms with Crippen molar-refractivity contribution in [3.63, 3.8) is 0 Å². The molecule has 0 saturated carbocycles. The van der Waals surface area contributed by atoms with Crippen molar-refractivity contribution < 1.29 is 9.53 Å². The molecule has 0 aliphatic carbocycles. The third kappa shape index (κ3) is 4.92. The molecule has 0 aliphatic heterocycles. The topological polar surface area (TPSA) is 86.4 Å². The fourth-order valence-electron chi connectivity index (χ4n) is 3.63. The Hall–Kier alpha value is -2.97. The van der Waals surface area contributed by atoms with Crippen molar-refractivity contribution >= 4 is 29.4 Å². The fourth-order valence-corrected chi connectivity index (χ4v) is 3.63. The normalized spacial score (nSPS) is 10.9. The Morgan fingerprint density at radius 3 is 2.34 bits per heavy atom. The molecule has 0 amide bonds. The first-order valence-electron chi connectivity index (χ1n) is 10.5. The maximum atomic E-state index is 13.5. The van der Waals surface area contributed by atoms with E-state index in [9.17, 15) is 14.4 Å². The Labute approximate surface area is 192 Å². The van der Waals surface area contributed by atoms with E-state index in [0.29, 0.717) is 24.5 Å². The van der Waals surface area contributed by atoms with Crippen LogP contribution in [0.5, 0.6) is 0 Å². The van der Waals surface area contributed by atoms with Crippen LogP contribution < -0.4 is 11.2 Å². The second kappa shape index (κ2) is 11.1. The summed E-state index contributed by atoms with van der Waals surface area (Å²) in [7, 11) is 0. The van der Waals surface area contributed by atoms with E-state index in [1.54, 1.807) is 38.1 Å². The number of pyridine rings is 1. The van der Waals surface area contributed by atoms with E-state index in [-0.39, 0.29) is 35.6 Å². The van der Waals surface area contributed by atoms with E-state index >= 15 is 0 Å². The average molecular weight is 461 g/mol. The molecule has 2 heterocycles. The van der Waals surface area contributed by atoms with Crippen molar-refractivity contribution in [2.75, 3.05) is 26.2 Å². The lowest BCUT2D eigenvalue weighted by atomic mass is 10.1. The number of benzene rings is 1. The molecular weight excluding hydrogens is 432 g/mol. The summed E-state index contributed by atoms with van der Waals surface area (Å²) < 4.78 is 7.77. The Morgan fingerprint density at radius 2 is 1.75 bits per heavy atom. The summed E-state index contributed by atoms with van der Waals surface area (Å²) >= 11 is 0. The number of para-hydroxylation sites is 1. The first-order valence-corrected chi connectivity index (χ1v) is 10.5. The number of aryl methyl sites for hydroxylation is 1. The molecule has 1 aromatic carbocycles. The molecule has 0 radical (unpaired) electrons. The van der Waals surface area contributed by atoms with Gasteiger partial charge in [-0.15, -0.1) is 12.4 Å². The van der Waals surface area contributed by atoms with Crippen molar-refractivity contribution in [1.29, 1.82) is 0 Å².